The smallest absolute Gasteiger partial charge is 0.237 e. The third-order valence-corrected chi connectivity index (χ3v) is 4.81. The zero-order chi connectivity index (χ0) is 13.2. The molecule has 3 nitrogen and oxygen atoms in total. The van der Waals surface area contributed by atoms with E-state index in [2.05, 4.69) is 31.4 Å². The molecule has 2 fully saturated rings. The lowest BCUT2D eigenvalue weighted by molar-refractivity contribution is -0.126. The maximum Gasteiger partial charge on any atom is 0.237 e. The molecule has 0 radical (unpaired) electrons. The summed E-state index contributed by atoms with van der Waals surface area (Å²) in [6.45, 7) is 6.31. The number of hydrogen-bond donors (Lipinski definition) is 2. The number of fused-ring (bicyclic) bond motifs is 1. The number of piperidine rings is 1. The molecule has 1 saturated heterocycles. The lowest BCUT2D eigenvalue weighted by Gasteiger charge is -2.40. The average molecular weight is 252 g/mol. The first-order valence-electron chi connectivity index (χ1n) is 7.60. The molecule has 104 valence electrons. The van der Waals surface area contributed by atoms with E-state index in [9.17, 15) is 4.79 Å². The average Bonchev–Trinajstić information content (AvgIpc) is 2.37. The fraction of sp³-hybridized carbons (Fsp3) is 0.933. The summed E-state index contributed by atoms with van der Waals surface area (Å²) in [4.78, 5) is 12.3. The van der Waals surface area contributed by atoms with Gasteiger partial charge in [-0.1, -0.05) is 19.8 Å². The Labute approximate surface area is 111 Å². The predicted octanol–water partition coefficient (Wildman–Crippen LogP) is 2.60. The van der Waals surface area contributed by atoms with Crippen LogP contribution < -0.4 is 10.6 Å². The van der Waals surface area contributed by atoms with E-state index in [0.717, 1.165) is 18.8 Å². The Morgan fingerprint density at radius 2 is 1.94 bits per heavy atom. The van der Waals surface area contributed by atoms with Crippen molar-refractivity contribution in [1.29, 1.82) is 0 Å². The molecule has 1 saturated carbocycles. The van der Waals surface area contributed by atoms with Crippen LogP contribution in [0, 0.1) is 5.92 Å². The normalized spacial score (nSPS) is 32.7. The van der Waals surface area contributed by atoms with Gasteiger partial charge in [0.2, 0.25) is 5.91 Å². The van der Waals surface area contributed by atoms with Crippen LogP contribution in [0.25, 0.3) is 0 Å². The molecule has 1 aliphatic heterocycles. The van der Waals surface area contributed by atoms with Crippen molar-refractivity contribution in [3.63, 3.8) is 0 Å². The van der Waals surface area contributed by atoms with Gasteiger partial charge in [-0.05, 0) is 51.9 Å². The number of rotatable bonds is 3. The fourth-order valence-corrected chi connectivity index (χ4v) is 3.21. The van der Waals surface area contributed by atoms with Gasteiger partial charge in [-0.15, -0.1) is 0 Å². The van der Waals surface area contributed by atoms with Crippen LogP contribution in [0.15, 0.2) is 0 Å². The molecule has 1 aliphatic carbocycles. The fourth-order valence-electron chi connectivity index (χ4n) is 3.21. The predicted molar refractivity (Wildman–Crippen MR) is 74.4 cm³/mol. The van der Waals surface area contributed by atoms with E-state index in [-0.39, 0.29) is 17.5 Å². The van der Waals surface area contributed by atoms with Gasteiger partial charge in [0, 0.05) is 11.6 Å². The van der Waals surface area contributed by atoms with Gasteiger partial charge < -0.3 is 10.6 Å². The Morgan fingerprint density at radius 1 is 1.22 bits per heavy atom. The summed E-state index contributed by atoms with van der Waals surface area (Å²) in [5, 5.41) is 6.76. The van der Waals surface area contributed by atoms with E-state index in [1.165, 1.54) is 32.1 Å². The minimum atomic E-state index is -0.0812. The summed E-state index contributed by atoms with van der Waals surface area (Å²) in [7, 11) is 0. The van der Waals surface area contributed by atoms with Crippen LogP contribution in [-0.2, 0) is 4.79 Å². The third kappa shape index (κ3) is 3.25. The lowest BCUT2D eigenvalue weighted by Crippen LogP contribution is -2.57. The number of carbonyl (C=O) groups is 1. The molecule has 0 aromatic rings. The minimum absolute atomic E-state index is 0.0372. The molecule has 0 aromatic carbocycles. The lowest BCUT2D eigenvalue weighted by atomic mass is 9.77. The van der Waals surface area contributed by atoms with Gasteiger partial charge in [-0.2, -0.15) is 0 Å². The van der Waals surface area contributed by atoms with Gasteiger partial charge in [0.15, 0.2) is 0 Å². The van der Waals surface area contributed by atoms with Crippen LogP contribution in [0.2, 0.25) is 0 Å². The largest absolute Gasteiger partial charge is 0.350 e. The van der Waals surface area contributed by atoms with Gasteiger partial charge in [0.25, 0.3) is 0 Å². The molecule has 3 atom stereocenters. The number of amides is 1. The molecule has 2 N–H and O–H groups in total. The van der Waals surface area contributed by atoms with E-state index in [0.29, 0.717) is 6.04 Å². The van der Waals surface area contributed by atoms with Gasteiger partial charge in [0.1, 0.15) is 0 Å². The van der Waals surface area contributed by atoms with Crippen LogP contribution in [0.5, 0.6) is 0 Å². The zero-order valence-corrected chi connectivity index (χ0v) is 12.1. The second kappa shape index (κ2) is 5.60. The monoisotopic (exact) mass is 252 g/mol. The van der Waals surface area contributed by atoms with Gasteiger partial charge in [-0.3, -0.25) is 4.79 Å². The van der Waals surface area contributed by atoms with Gasteiger partial charge in [-0.25, -0.2) is 0 Å². The van der Waals surface area contributed by atoms with E-state index in [4.69, 9.17) is 0 Å². The Kier molecular flexibility index (Phi) is 4.31. The van der Waals surface area contributed by atoms with E-state index in [1.54, 1.807) is 0 Å². The number of nitrogens with one attached hydrogen (secondary N) is 2. The van der Waals surface area contributed by atoms with Crippen molar-refractivity contribution in [2.45, 2.75) is 83.3 Å². The van der Waals surface area contributed by atoms with Crippen molar-refractivity contribution >= 4 is 5.91 Å². The van der Waals surface area contributed by atoms with Gasteiger partial charge >= 0.3 is 0 Å². The van der Waals surface area contributed by atoms with E-state index < -0.39 is 0 Å². The molecular weight excluding hydrogens is 224 g/mol. The molecule has 2 aliphatic rings. The summed E-state index contributed by atoms with van der Waals surface area (Å²) < 4.78 is 0. The van der Waals surface area contributed by atoms with Crippen molar-refractivity contribution in [2.75, 3.05) is 0 Å². The van der Waals surface area contributed by atoms with Crippen molar-refractivity contribution in [1.82, 2.24) is 10.6 Å². The first-order valence-corrected chi connectivity index (χ1v) is 7.60. The summed E-state index contributed by atoms with van der Waals surface area (Å²) in [5.74, 6) is 1.02. The molecular formula is C15H28N2O. The van der Waals surface area contributed by atoms with E-state index >= 15 is 0 Å². The Morgan fingerprint density at radius 3 is 2.67 bits per heavy atom. The molecule has 0 aromatic heterocycles. The van der Waals surface area contributed by atoms with Crippen LogP contribution in [0.3, 0.4) is 0 Å². The van der Waals surface area contributed by atoms with Crippen molar-refractivity contribution < 1.29 is 4.79 Å². The highest BCUT2D eigenvalue weighted by molar-refractivity contribution is 5.82. The summed E-state index contributed by atoms with van der Waals surface area (Å²) in [5.41, 5.74) is -0.0812. The number of carbonyl (C=O) groups excluding carboxylic acids is 1. The van der Waals surface area contributed by atoms with E-state index in [1.807, 2.05) is 0 Å². The minimum Gasteiger partial charge on any atom is -0.350 e. The Bertz CT molecular complexity index is 301. The second-order valence-corrected chi connectivity index (χ2v) is 6.67. The molecule has 3 heteroatoms. The summed E-state index contributed by atoms with van der Waals surface area (Å²) in [6, 6.07) is 0.628. The molecule has 0 bridgehead atoms. The maximum atomic E-state index is 12.3. The quantitative estimate of drug-likeness (QED) is 0.810. The Hall–Kier alpha value is -0.570. The van der Waals surface area contributed by atoms with Crippen molar-refractivity contribution in [3.05, 3.63) is 0 Å². The first kappa shape index (κ1) is 13.9. The highest BCUT2D eigenvalue weighted by Gasteiger charge is 2.35. The molecule has 0 spiro atoms. The summed E-state index contributed by atoms with van der Waals surface area (Å²) in [6.07, 6.45) is 8.51. The second-order valence-electron chi connectivity index (χ2n) is 6.67. The van der Waals surface area contributed by atoms with Crippen molar-refractivity contribution in [3.8, 4) is 0 Å². The SMILES string of the molecule is CCC(C)(C)NC(=O)C1CCC2CCCCC2N1. The van der Waals surface area contributed by atoms with Crippen molar-refractivity contribution in [2.24, 2.45) is 5.92 Å². The third-order valence-electron chi connectivity index (χ3n) is 4.81. The van der Waals surface area contributed by atoms with Crippen LogP contribution in [0.4, 0.5) is 0 Å². The first-order chi connectivity index (χ1) is 8.52. The van der Waals surface area contributed by atoms with Gasteiger partial charge in [0.05, 0.1) is 6.04 Å². The topological polar surface area (TPSA) is 41.1 Å². The Balaban J connectivity index is 1.88. The maximum absolute atomic E-state index is 12.3. The highest BCUT2D eigenvalue weighted by Crippen LogP contribution is 2.32. The zero-order valence-electron chi connectivity index (χ0n) is 12.1. The summed E-state index contributed by atoms with van der Waals surface area (Å²) >= 11 is 0. The molecule has 1 amide bonds. The standard InChI is InChI=1S/C15H28N2O/c1-4-15(2,3)17-14(18)13-10-9-11-7-5-6-8-12(11)16-13/h11-13,16H,4-10H2,1-3H3,(H,17,18). The van der Waals surface area contributed by atoms with Crippen LogP contribution in [0.1, 0.15) is 65.7 Å². The number of hydrogen-bond acceptors (Lipinski definition) is 2. The van der Waals surface area contributed by atoms with Crippen LogP contribution >= 0.6 is 0 Å². The molecule has 3 unspecified atom stereocenters. The molecule has 2 rings (SSSR count). The van der Waals surface area contributed by atoms with Crippen LogP contribution in [-0.4, -0.2) is 23.5 Å². The highest BCUT2D eigenvalue weighted by atomic mass is 16.2. The molecule has 18 heavy (non-hydrogen) atoms. The molecule has 1 heterocycles.